The zero-order valence-electron chi connectivity index (χ0n) is 18.3. The predicted molar refractivity (Wildman–Crippen MR) is 123 cm³/mol. The fraction of sp³-hybridized carbons (Fsp3) is 0.192. The highest BCUT2D eigenvalue weighted by Crippen LogP contribution is 2.30. The molecule has 0 saturated carbocycles. The molecule has 0 aliphatic carbocycles. The third-order valence-electron chi connectivity index (χ3n) is 5.66. The SMILES string of the molecule is CC(O)(c1ccccc1)c1cccc(CC(=O)C2C=NN(c3ccc(OC(F)F)cc3)C2=O)c1. The number of hydrazone groups is 1. The molecule has 1 N–H and O–H groups in total. The molecule has 1 heterocycles. The Labute approximate surface area is 195 Å². The third kappa shape index (κ3) is 4.87. The second-order valence-electron chi connectivity index (χ2n) is 8.05. The van der Waals surface area contributed by atoms with Gasteiger partial charge in [0.15, 0.2) is 5.78 Å². The zero-order valence-corrected chi connectivity index (χ0v) is 18.3. The minimum atomic E-state index is -2.95. The summed E-state index contributed by atoms with van der Waals surface area (Å²) in [4.78, 5) is 25.7. The minimum Gasteiger partial charge on any atom is -0.435 e. The van der Waals surface area contributed by atoms with Crippen molar-refractivity contribution in [3.63, 3.8) is 0 Å². The minimum absolute atomic E-state index is 0.0177. The molecule has 2 atom stereocenters. The molecule has 6 nitrogen and oxygen atoms in total. The highest BCUT2D eigenvalue weighted by atomic mass is 19.3. The molecular formula is C26H22F2N2O4. The predicted octanol–water partition coefficient (Wildman–Crippen LogP) is 4.30. The summed E-state index contributed by atoms with van der Waals surface area (Å²) in [5, 5.41) is 16.2. The Balaban J connectivity index is 1.45. The van der Waals surface area contributed by atoms with Crippen molar-refractivity contribution in [2.45, 2.75) is 25.6 Å². The monoisotopic (exact) mass is 464 g/mol. The largest absolute Gasteiger partial charge is 0.435 e. The van der Waals surface area contributed by atoms with Crippen LogP contribution in [0.25, 0.3) is 0 Å². The van der Waals surface area contributed by atoms with Crippen LogP contribution in [0.2, 0.25) is 0 Å². The molecule has 34 heavy (non-hydrogen) atoms. The molecule has 4 rings (SSSR count). The van der Waals surface area contributed by atoms with Gasteiger partial charge in [0.05, 0.1) is 5.69 Å². The fourth-order valence-corrected chi connectivity index (χ4v) is 3.79. The van der Waals surface area contributed by atoms with E-state index in [1.54, 1.807) is 31.2 Å². The Morgan fingerprint density at radius 1 is 1.06 bits per heavy atom. The van der Waals surface area contributed by atoms with Gasteiger partial charge < -0.3 is 9.84 Å². The van der Waals surface area contributed by atoms with Crippen molar-refractivity contribution >= 4 is 23.6 Å². The number of hydrogen-bond donors (Lipinski definition) is 1. The second kappa shape index (κ2) is 9.52. The quantitative estimate of drug-likeness (QED) is 0.504. The number of aliphatic hydroxyl groups is 1. The first-order valence-corrected chi connectivity index (χ1v) is 10.6. The number of rotatable bonds is 8. The number of hydrogen-bond acceptors (Lipinski definition) is 5. The van der Waals surface area contributed by atoms with Crippen LogP contribution in [0, 0.1) is 5.92 Å². The second-order valence-corrected chi connectivity index (χ2v) is 8.05. The van der Waals surface area contributed by atoms with Crippen molar-refractivity contribution in [1.82, 2.24) is 0 Å². The van der Waals surface area contributed by atoms with Gasteiger partial charge in [-0.3, -0.25) is 9.59 Å². The van der Waals surface area contributed by atoms with E-state index in [1.165, 1.54) is 30.5 Å². The number of halogens is 2. The molecule has 2 unspecified atom stereocenters. The summed E-state index contributed by atoms with van der Waals surface area (Å²) in [7, 11) is 0. The first-order valence-electron chi connectivity index (χ1n) is 10.6. The maximum absolute atomic E-state index is 12.9. The van der Waals surface area contributed by atoms with Gasteiger partial charge in [-0.1, -0.05) is 54.6 Å². The van der Waals surface area contributed by atoms with Crippen LogP contribution in [0.1, 0.15) is 23.6 Å². The standard InChI is InChI=1S/C26H22F2N2O4/c1-26(33,18-7-3-2-4-8-18)19-9-5-6-17(14-19)15-23(31)22-16-29-30(24(22)32)20-10-12-21(13-11-20)34-25(27)28/h2-14,16,22,25,33H,15H2,1H3. The lowest BCUT2D eigenvalue weighted by Gasteiger charge is -2.25. The Bertz CT molecular complexity index is 1210. The molecule has 0 spiro atoms. The summed E-state index contributed by atoms with van der Waals surface area (Å²) in [5.74, 6) is -1.98. The molecule has 0 radical (unpaired) electrons. The third-order valence-corrected chi connectivity index (χ3v) is 5.66. The lowest BCUT2D eigenvalue weighted by molar-refractivity contribution is -0.128. The Morgan fingerprint density at radius 3 is 2.41 bits per heavy atom. The number of benzene rings is 3. The average molecular weight is 464 g/mol. The van der Waals surface area contributed by atoms with Crippen molar-refractivity contribution < 1.29 is 28.2 Å². The van der Waals surface area contributed by atoms with Crippen LogP contribution in [0.3, 0.4) is 0 Å². The van der Waals surface area contributed by atoms with Gasteiger partial charge in [-0.15, -0.1) is 0 Å². The Hall–Kier alpha value is -3.91. The number of carbonyl (C=O) groups excluding carboxylic acids is 2. The lowest BCUT2D eigenvalue weighted by atomic mass is 9.86. The van der Waals surface area contributed by atoms with Gasteiger partial charge in [0.1, 0.15) is 17.3 Å². The smallest absolute Gasteiger partial charge is 0.387 e. The number of ether oxygens (including phenoxy) is 1. The van der Waals surface area contributed by atoms with E-state index in [-0.39, 0.29) is 18.0 Å². The number of Topliss-reactive ketones (excluding diaryl/α,β-unsaturated/α-hetero) is 1. The number of amides is 1. The zero-order chi connectivity index (χ0) is 24.3. The van der Waals surface area contributed by atoms with Crippen molar-refractivity contribution in [2.24, 2.45) is 11.0 Å². The van der Waals surface area contributed by atoms with Crippen LogP contribution in [0.4, 0.5) is 14.5 Å². The van der Waals surface area contributed by atoms with E-state index in [4.69, 9.17) is 0 Å². The summed E-state index contributed by atoms with van der Waals surface area (Å²) in [5.41, 5.74) is 1.09. The van der Waals surface area contributed by atoms with Crippen LogP contribution < -0.4 is 9.75 Å². The van der Waals surface area contributed by atoms with Gasteiger partial charge in [0.2, 0.25) is 0 Å². The molecule has 174 valence electrons. The average Bonchev–Trinajstić information content (AvgIpc) is 3.21. The molecule has 1 amide bonds. The highest BCUT2D eigenvalue weighted by Gasteiger charge is 2.35. The number of carbonyl (C=O) groups is 2. The van der Waals surface area contributed by atoms with Crippen LogP contribution in [0.5, 0.6) is 5.75 Å². The molecule has 0 fully saturated rings. The van der Waals surface area contributed by atoms with Crippen molar-refractivity contribution in [3.8, 4) is 5.75 Å². The maximum Gasteiger partial charge on any atom is 0.387 e. The molecule has 1 aliphatic rings. The van der Waals surface area contributed by atoms with E-state index in [2.05, 4.69) is 9.84 Å². The molecule has 1 aliphatic heterocycles. The van der Waals surface area contributed by atoms with E-state index in [1.807, 2.05) is 30.3 Å². The number of alkyl halides is 2. The van der Waals surface area contributed by atoms with Gasteiger partial charge in [-0.05, 0) is 47.9 Å². The Morgan fingerprint density at radius 2 is 1.74 bits per heavy atom. The fourth-order valence-electron chi connectivity index (χ4n) is 3.79. The van der Waals surface area contributed by atoms with Crippen molar-refractivity contribution in [2.75, 3.05) is 5.01 Å². The van der Waals surface area contributed by atoms with Gasteiger partial charge >= 0.3 is 6.61 Å². The molecule has 0 bridgehead atoms. The molecule has 3 aromatic rings. The van der Waals surface area contributed by atoms with Gasteiger partial charge in [0, 0.05) is 12.6 Å². The van der Waals surface area contributed by atoms with E-state index < -0.39 is 24.0 Å². The maximum atomic E-state index is 12.9. The van der Waals surface area contributed by atoms with Crippen LogP contribution >= 0.6 is 0 Å². The van der Waals surface area contributed by atoms with Crippen molar-refractivity contribution in [1.29, 1.82) is 0 Å². The normalized spacial score (nSPS) is 17.1. The van der Waals surface area contributed by atoms with Gasteiger partial charge in [-0.25, -0.2) is 5.01 Å². The molecule has 0 aromatic heterocycles. The van der Waals surface area contributed by atoms with E-state index in [9.17, 15) is 23.5 Å². The van der Waals surface area contributed by atoms with Crippen molar-refractivity contribution in [3.05, 3.63) is 95.6 Å². The van der Waals surface area contributed by atoms with Gasteiger partial charge in [0.25, 0.3) is 5.91 Å². The summed E-state index contributed by atoms with van der Waals surface area (Å²) in [6, 6.07) is 21.7. The topological polar surface area (TPSA) is 79.2 Å². The Kier molecular flexibility index (Phi) is 6.51. The highest BCUT2D eigenvalue weighted by molar-refractivity contribution is 6.21. The number of nitrogens with zero attached hydrogens (tertiary/aromatic N) is 2. The molecular weight excluding hydrogens is 442 g/mol. The summed E-state index contributed by atoms with van der Waals surface area (Å²) >= 11 is 0. The summed E-state index contributed by atoms with van der Waals surface area (Å²) in [6.45, 7) is -1.26. The van der Waals surface area contributed by atoms with Crippen LogP contribution in [-0.4, -0.2) is 29.6 Å². The molecule has 8 heteroatoms. The summed E-state index contributed by atoms with van der Waals surface area (Å²) in [6.07, 6.45) is 1.26. The van der Waals surface area contributed by atoms with E-state index in [0.717, 1.165) is 10.6 Å². The van der Waals surface area contributed by atoms with Crippen LogP contribution in [-0.2, 0) is 21.6 Å². The molecule has 0 saturated heterocycles. The molecule has 3 aromatic carbocycles. The van der Waals surface area contributed by atoms with E-state index in [0.29, 0.717) is 16.8 Å². The first-order chi connectivity index (χ1) is 16.3. The van der Waals surface area contributed by atoms with Gasteiger partial charge in [-0.2, -0.15) is 13.9 Å². The van der Waals surface area contributed by atoms with E-state index >= 15 is 0 Å². The van der Waals surface area contributed by atoms with Crippen LogP contribution in [0.15, 0.2) is 84.0 Å². The number of anilines is 1. The first kappa shape index (κ1) is 23.3. The number of ketones is 1. The lowest BCUT2D eigenvalue weighted by Crippen LogP contribution is -2.31. The summed E-state index contributed by atoms with van der Waals surface area (Å²) < 4.78 is 28.9.